The van der Waals surface area contributed by atoms with Gasteiger partial charge < -0.3 is 10.1 Å². The molecule has 1 aromatic rings. The summed E-state index contributed by atoms with van der Waals surface area (Å²) in [6.45, 7) is 7.90. The van der Waals surface area contributed by atoms with Crippen LogP contribution in [0, 0.1) is 11.3 Å². The SMILES string of the molecule is C[C@@H](NC1C2CCCOC2C1(C)C)c1ccccc1. The van der Waals surface area contributed by atoms with Gasteiger partial charge in [-0.25, -0.2) is 0 Å². The monoisotopic (exact) mass is 259 g/mol. The van der Waals surface area contributed by atoms with Gasteiger partial charge in [0.1, 0.15) is 0 Å². The molecular formula is C17H25NO. The molecule has 2 heteroatoms. The van der Waals surface area contributed by atoms with Gasteiger partial charge in [0.05, 0.1) is 6.10 Å². The van der Waals surface area contributed by atoms with Crippen molar-refractivity contribution < 1.29 is 4.74 Å². The average Bonchev–Trinajstić information content (AvgIpc) is 2.45. The standard InChI is InChI=1S/C17H25NO/c1-12(13-8-5-4-6-9-13)18-15-14-10-7-11-19-16(14)17(15,2)3/h4-6,8-9,12,14-16,18H,7,10-11H2,1-3H3/t12-,14?,15?,16?/m1/s1. The van der Waals surface area contributed by atoms with E-state index in [1.807, 2.05) is 0 Å². The maximum Gasteiger partial charge on any atom is 0.0684 e. The molecule has 2 aliphatic rings. The molecule has 1 aliphatic carbocycles. The predicted molar refractivity (Wildman–Crippen MR) is 78.0 cm³/mol. The summed E-state index contributed by atoms with van der Waals surface area (Å²) in [4.78, 5) is 0. The van der Waals surface area contributed by atoms with E-state index in [2.05, 4.69) is 56.4 Å². The van der Waals surface area contributed by atoms with Crippen LogP contribution in [0.5, 0.6) is 0 Å². The zero-order valence-electron chi connectivity index (χ0n) is 12.2. The Labute approximate surface area is 116 Å². The smallest absolute Gasteiger partial charge is 0.0684 e. The Balaban J connectivity index is 1.69. The maximum atomic E-state index is 5.97. The molecular weight excluding hydrogens is 234 g/mol. The van der Waals surface area contributed by atoms with Crippen LogP contribution >= 0.6 is 0 Å². The number of hydrogen-bond acceptors (Lipinski definition) is 2. The van der Waals surface area contributed by atoms with Gasteiger partial charge in [0, 0.05) is 30.0 Å². The lowest BCUT2D eigenvalue weighted by molar-refractivity contribution is -0.194. The normalized spacial score (nSPS) is 34.2. The number of fused-ring (bicyclic) bond motifs is 1. The molecule has 2 fully saturated rings. The van der Waals surface area contributed by atoms with Crippen LogP contribution in [0.25, 0.3) is 0 Å². The number of hydrogen-bond donors (Lipinski definition) is 1. The minimum atomic E-state index is 0.258. The third kappa shape index (κ3) is 2.21. The van der Waals surface area contributed by atoms with Crippen molar-refractivity contribution in [1.29, 1.82) is 0 Å². The van der Waals surface area contributed by atoms with Gasteiger partial charge in [-0.2, -0.15) is 0 Å². The van der Waals surface area contributed by atoms with E-state index in [1.165, 1.54) is 18.4 Å². The van der Waals surface area contributed by atoms with Crippen molar-refractivity contribution in [3.8, 4) is 0 Å². The highest BCUT2D eigenvalue weighted by Gasteiger charge is 2.57. The van der Waals surface area contributed by atoms with Gasteiger partial charge in [0.2, 0.25) is 0 Å². The zero-order valence-corrected chi connectivity index (χ0v) is 12.2. The van der Waals surface area contributed by atoms with Gasteiger partial charge in [-0.05, 0) is 25.3 Å². The summed E-state index contributed by atoms with van der Waals surface area (Å²) in [7, 11) is 0. The summed E-state index contributed by atoms with van der Waals surface area (Å²) in [6, 6.07) is 11.7. The summed E-state index contributed by atoms with van der Waals surface area (Å²) in [6.07, 6.45) is 2.99. The van der Waals surface area contributed by atoms with Crippen LogP contribution in [0.2, 0.25) is 0 Å². The van der Waals surface area contributed by atoms with Gasteiger partial charge in [0.25, 0.3) is 0 Å². The first-order valence-corrected chi connectivity index (χ1v) is 7.53. The minimum Gasteiger partial charge on any atom is -0.377 e. The van der Waals surface area contributed by atoms with Crippen LogP contribution in [0.3, 0.4) is 0 Å². The van der Waals surface area contributed by atoms with E-state index >= 15 is 0 Å². The molecule has 0 spiro atoms. The highest BCUT2D eigenvalue weighted by Crippen LogP contribution is 2.51. The van der Waals surface area contributed by atoms with Crippen LogP contribution in [0.1, 0.15) is 45.2 Å². The van der Waals surface area contributed by atoms with E-state index in [1.54, 1.807) is 0 Å². The maximum absolute atomic E-state index is 5.97. The van der Waals surface area contributed by atoms with Crippen molar-refractivity contribution in [3.63, 3.8) is 0 Å². The molecule has 0 amide bonds. The van der Waals surface area contributed by atoms with Gasteiger partial charge in [-0.3, -0.25) is 0 Å². The Morgan fingerprint density at radius 1 is 1.26 bits per heavy atom. The molecule has 104 valence electrons. The van der Waals surface area contributed by atoms with E-state index in [4.69, 9.17) is 4.74 Å². The quantitative estimate of drug-likeness (QED) is 0.896. The van der Waals surface area contributed by atoms with Gasteiger partial charge in [-0.1, -0.05) is 44.2 Å². The van der Waals surface area contributed by atoms with E-state index in [9.17, 15) is 0 Å². The summed E-state index contributed by atoms with van der Waals surface area (Å²) in [5, 5.41) is 3.84. The molecule has 1 saturated heterocycles. The molecule has 3 unspecified atom stereocenters. The molecule has 1 heterocycles. The Morgan fingerprint density at radius 2 is 2.00 bits per heavy atom. The van der Waals surface area contributed by atoms with Crippen LogP contribution in [0.4, 0.5) is 0 Å². The van der Waals surface area contributed by atoms with Crippen molar-refractivity contribution in [2.45, 2.75) is 51.8 Å². The van der Waals surface area contributed by atoms with Crippen LogP contribution < -0.4 is 5.32 Å². The van der Waals surface area contributed by atoms with Crippen LogP contribution in [-0.4, -0.2) is 18.8 Å². The van der Waals surface area contributed by atoms with E-state index in [0.717, 1.165) is 6.61 Å². The largest absolute Gasteiger partial charge is 0.377 e. The molecule has 3 rings (SSSR count). The number of rotatable bonds is 3. The van der Waals surface area contributed by atoms with Crippen molar-refractivity contribution in [3.05, 3.63) is 35.9 Å². The average molecular weight is 259 g/mol. The lowest BCUT2D eigenvalue weighted by Gasteiger charge is -2.60. The number of nitrogens with one attached hydrogen (secondary N) is 1. The van der Waals surface area contributed by atoms with E-state index in [0.29, 0.717) is 24.1 Å². The fourth-order valence-corrected chi connectivity index (χ4v) is 3.97. The summed E-state index contributed by atoms with van der Waals surface area (Å²) < 4.78 is 5.97. The molecule has 4 atom stereocenters. The topological polar surface area (TPSA) is 21.3 Å². The lowest BCUT2D eigenvalue weighted by atomic mass is 9.55. The van der Waals surface area contributed by atoms with Gasteiger partial charge in [0.15, 0.2) is 0 Å². The second-order valence-corrected chi connectivity index (χ2v) is 6.70. The number of ether oxygens (including phenoxy) is 1. The van der Waals surface area contributed by atoms with E-state index < -0.39 is 0 Å². The first-order valence-electron chi connectivity index (χ1n) is 7.53. The Bertz CT molecular complexity index is 428. The van der Waals surface area contributed by atoms with Crippen LogP contribution in [-0.2, 0) is 4.74 Å². The molecule has 0 aromatic heterocycles. The Morgan fingerprint density at radius 3 is 2.74 bits per heavy atom. The van der Waals surface area contributed by atoms with Crippen LogP contribution in [0.15, 0.2) is 30.3 Å². The fourth-order valence-electron chi connectivity index (χ4n) is 3.97. The van der Waals surface area contributed by atoms with Crippen molar-refractivity contribution >= 4 is 0 Å². The summed E-state index contributed by atoms with van der Waals surface area (Å²) in [5.74, 6) is 0.704. The molecule has 0 radical (unpaired) electrons. The van der Waals surface area contributed by atoms with Crippen molar-refractivity contribution in [1.82, 2.24) is 5.32 Å². The lowest BCUT2D eigenvalue weighted by Crippen LogP contribution is -2.69. The second-order valence-electron chi connectivity index (χ2n) is 6.70. The van der Waals surface area contributed by atoms with E-state index in [-0.39, 0.29) is 5.41 Å². The highest BCUT2D eigenvalue weighted by molar-refractivity contribution is 5.20. The van der Waals surface area contributed by atoms with Gasteiger partial charge >= 0.3 is 0 Å². The second kappa shape index (κ2) is 4.92. The third-order valence-electron chi connectivity index (χ3n) is 5.06. The minimum absolute atomic E-state index is 0.258. The summed E-state index contributed by atoms with van der Waals surface area (Å²) in [5.41, 5.74) is 1.63. The molecule has 1 saturated carbocycles. The Kier molecular flexibility index (Phi) is 3.40. The molecule has 1 aromatic carbocycles. The molecule has 1 aliphatic heterocycles. The Hall–Kier alpha value is -0.860. The third-order valence-corrected chi connectivity index (χ3v) is 5.06. The summed E-state index contributed by atoms with van der Waals surface area (Å²) >= 11 is 0. The molecule has 0 bridgehead atoms. The van der Waals surface area contributed by atoms with Crippen molar-refractivity contribution in [2.75, 3.05) is 6.61 Å². The highest BCUT2D eigenvalue weighted by atomic mass is 16.5. The van der Waals surface area contributed by atoms with Gasteiger partial charge in [-0.15, -0.1) is 0 Å². The molecule has 19 heavy (non-hydrogen) atoms. The first-order chi connectivity index (χ1) is 9.10. The first kappa shape index (κ1) is 13.1. The van der Waals surface area contributed by atoms with Crippen molar-refractivity contribution in [2.24, 2.45) is 11.3 Å². The molecule has 1 N–H and O–H groups in total. The number of benzene rings is 1. The fraction of sp³-hybridized carbons (Fsp3) is 0.647. The molecule has 2 nitrogen and oxygen atoms in total. The zero-order chi connectivity index (χ0) is 13.5. The predicted octanol–water partition coefficient (Wildman–Crippen LogP) is 3.54.